The van der Waals surface area contributed by atoms with Gasteiger partial charge in [0, 0.05) is 11.1 Å². The summed E-state index contributed by atoms with van der Waals surface area (Å²) in [5.41, 5.74) is 0.101. The van der Waals surface area contributed by atoms with Gasteiger partial charge in [0.15, 0.2) is 0 Å². The number of hydrogen-bond donors (Lipinski definition) is 0. The van der Waals surface area contributed by atoms with E-state index in [0.717, 1.165) is 12.5 Å². The van der Waals surface area contributed by atoms with Crippen molar-refractivity contribution in [1.29, 1.82) is 0 Å². The molecule has 0 unspecified atom stereocenters. The normalized spacial score (nSPS) is 13.5. The van der Waals surface area contributed by atoms with Gasteiger partial charge in [0.25, 0.3) is 6.43 Å². The molecule has 1 heterocycles. The molecule has 0 atom stereocenters. The summed E-state index contributed by atoms with van der Waals surface area (Å²) in [6.07, 6.45) is -0.108. The topological polar surface area (TPSA) is 9.23 Å². The van der Waals surface area contributed by atoms with Crippen molar-refractivity contribution in [2.45, 2.75) is 39.5 Å². The maximum Gasteiger partial charge on any atom is 0.264 e. The Kier molecular flexibility index (Phi) is 5.32. The fourth-order valence-electron chi connectivity index (χ4n) is 1.56. The Morgan fingerprint density at radius 2 is 1.94 bits per heavy atom. The van der Waals surface area contributed by atoms with Gasteiger partial charge < -0.3 is 4.74 Å². The SMILES string of the molecule is CCC.Fc1cc(C(F)F)cc2c1CCCO2. The third-order valence-corrected chi connectivity index (χ3v) is 2.26. The monoisotopic (exact) mass is 246 g/mol. The Balaban J connectivity index is 0.000000437. The molecule has 0 amide bonds. The zero-order chi connectivity index (χ0) is 12.8. The molecule has 0 fully saturated rings. The number of hydrogen-bond acceptors (Lipinski definition) is 1. The maximum atomic E-state index is 13.3. The van der Waals surface area contributed by atoms with E-state index in [1.165, 1.54) is 12.5 Å². The Labute approximate surface area is 99.6 Å². The molecule has 0 saturated heterocycles. The highest BCUT2D eigenvalue weighted by atomic mass is 19.3. The number of benzene rings is 1. The Morgan fingerprint density at radius 1 is 1.29 bits per heavy atom. The summed E-state index contributed by atoms with van der Waals surface area (Å²) < 4.78 is 43.0. The number of halogens is 3. The molecule has 17 heavy (non-hydrogen) atoms. The van der Waals surface area contributed by atoms with Crippen molar-refractivity contribution in [2.24, 2.45) is 0 Å². The molecule has 1 nitrogen and oxygen atoms in total. The molecule has 96 valence electrons. The fraction of sp³-hybridized carbons (Fsp3) is 0.538. The highest BCUT2D eigenvalue weighted by molar-refractivity contribution is 5.40. The number of fused-ring (bicyclic) bond motifs is 1. The molecule has 1 aromatic carbocycles. The zero-order valence-corrected chi connectivity index (χ0v) is 10.1. The average molecular weight is 246 g/mol. The lowest BCUT2D eigenvalue weighted by molar-refractivity contribution is 0.150. The van der Waals surface area contributed by atoms with Gasteiger partial charge in [-0.15, -0.1) is 0 Å². The predicted molar refractivity (Wildman–Crippen MR) is 61.1 cm³/mol. The molecule has 1 aliphatic rings. The maximum absolute atomic E-state index is 13.3. The highest BCUT2D eigenvalue weighted by Gasteiger charge is 2.19. The van der Waals surface area contributed by atoms with Crippen LogP contribution in [0, 0.1) is 5.82 Å². The first-order chi connectivity index (χ1) is 8.10. The molecule has 1 aromatic rings. The van der Waals surface area contributed by atoms with Crippen LogP contribution in [0.1, 0.15) is 44.2 Å². The molecule has 4 heteroatoms. The third-order valence-electron chi connectivity index (χ3n) is 2.26. The lowest BCUT2D eigenvalue weighted by Crippen LogP contribution is -2.10. The Hall–Kier alpha value is -1.19. The van der Waals surface area contributed by atoms with Crippen LogP contribution in [0.3, 0.4) is 0 Å². The van der Waals surface area contributed by atoms with Gasteiger partial charge >= 0.3 is 0 Å². The van der Waals surface area contributed by atoms with Crippen LogP contribution in [0.4, 0.5) is 13.2 Å². The molecule has 0 aliphatic carbocycles. The van der Waals surface area contributed by atoms with Crippen molar-refractivity contribution in [2.75, 3.05) is 6.61 Å². The minimum absolute atomic E-state index is 0.270. The van der Waals surface area contributed by atoms with E-state index in [2.05, 4.69) is 13.8 Å². The van der Waals surface area contributed by atoms with Crippen molar-refractivity contribution in [1.82, 2.24) is 0 Å². The van der Waals surface area contributed by atoms with Crippen molar-refractivity contribution < 1.29 is 17.9 Å². The van der Waals surface area contributed by atoms with Crippen LogP contribution in [-0.2, 0) is 6.42 Å². The van der Waals surface area contributed by atoms with Gasteiger partial charge in [-0.1, -0.05) is 20.3 Å². The molecule has 0 saturated carbocycles. The lowest BCUT2D eigenvalue weighted by atomic mass is 10.0. The first-order valence-corrected chi connectivity index (χ1v) is 5.83. The standard InChI is InChI=1S/C10H9F3O.C3H8/c11-8-4-6(10(12)13)5-9-7(8)2-1-3-14-9;1-3-2/h4-5,10H,1-3H2;3H2,1-2H3. The Morgan fingerprint density at radius 3 is 2.53 bits per heavy atom. The largest absolute Gasteiger partial charge is 0.493 e. The van der Waals surface area contributed by atoms with E-state index in [9.17, 15) is 13.2 Å². The van der Waals surface area contributed by atoms with Crippen LogP contribution in [0.5, 0.6) is 5.75 Å². The third kappa shape index (κ3) is 3.65. The average Bonchev–Trinajstić information content (AvgIpc) is 2.30. The molecular formula is C13H17F3O. The van der Waals surface area contributed by atoms with E-state index >= 15 is 0 Å². The molecule has 2 rings (SSSR count). The van der Waals surface area contributed by atoms with Gasteiger partial charge in [0.2, 0.25) is 0 Å². The zero-order valence-electron chi connectivity index (χ0n) is 10.1. The summed E-state index contributed by atoms with van der Waals surface area (Å²) in [5, 5.41) is 0. The molecule has 0 aromatic heterocycles. The molecule has 0 radical (unpaired) electrons. The van der Waals surface area contributed by atoms with Crippen LogP contribution in [0.2, 0.25) is 0 Å². The summed E-state index contributed by atoms with van der Waals surface area (Å²) >= 11 is 0. The van der Waals surface area contributed by atoms with E-state index in [0.29, 0.717) is 18.6 Å². The van der Waals surface area contributed by atoms with Crippen LogP contribution < -0.4 is 4.74 Å². The summed E-state index contributed by atoms with van der Waals surface area (Å²) in [4.78, 5) is 0. The van der Waals surface area contributed by atoms with E-state index in [1.807, 2.05) is 0 Å². The van der Waals surface area contributed by atoms with Gasteiger partial charge in [0.05, 0.1) is 6.61 Å². The van der Waals surface area contributed by atoms with E-state index < -0.39 is 12.2 Å². The molecular weight excluding hydrogens is 229 g/mol. The minimum atomic E-state index is -2.65. The second kappa shape index (κ2) is 6.52. The van der Waals surface area contributed by atoms with Crippen LogP contribution in [-0.4, -0.2) is 6.61 Å². The number of ether oxygens (including phenoxy) is 1. The van der Waals surface area contributed by atoms with Crippen molar-refractivity contribution in [3.63, 3.8) is 0 Å². The van der Waals surface area contributed by atoms with Gasteiger partial charge in [-0.25, -0.2) is 13.2 Å². The van der Waals surface area contributed by atoms with Crippen LogP contribution >= 0.6 is 0 Å². The summed E-state index contributed by atoms with van der Waals surface area (Å²) in [7, 11) is 0. The van der Waals surface area contributed by atoms with E-state index in [4.69, 9.17) is 4.74 Å². The first-order valence-electron chi connectivity index (χ1n) is 5.83. The van der Waals surface area contributed by atoms with Gasteiger partial charge in [0.1, 0.15) is 11.6 Å². The van der Waals surface area contributed by atoms with Gasteiger partial charge in [-0.3, -0.25) is 0 Å². The fourth-order valence-corrected chi connectivity index (χ4v) is 1.56. The smallest absolute Gasteiger partial charge is 0.264 e. The second-order valence-electron chi connectivity index (χ2n) is 3.94. The van der Waals surface area contributed by atoms with E-state index in [1.54, 1.807) is 0 Å². The Bertz CT molecular complexity index is 364. The van der Waals surface area contributed by atoms with Crippen molar-refractivity contribution in [3.05, 3.63) is 29.1 Å². The van der Waals surface area contributed by atoms with E-state index in [-0.39, 0.29) is 11.3 Å². The van der Waals surface area contributed by atoms with Gasteiger partial charge in [-0.2, -0.15) is 0 Å². The quantitative estimate of drug-likeness (QED) is 0.708. The second-order valence-corrected chi connectivity index (χ2v) is 3.94. The highest BCUT2D eigenvalue weighted by Crippen LogP contribution is 2.32. The number of alkyl halides is 2. The number of rotatable bonds is 1. The first kappa shape index (κ1) is 13.9. The molecule has 0 spiro atoms. The summed E-state index contributed by atoms with van der Waals surface area (Å²) in [6.45, 7) is 4.72. The van der Waals surface area contributed by atoms with Crippen LogP contribution in [0.25, 0.3) is 0 Å². The minimum Gasteiger partial charge on any atom is -0.493 e. The summed E-state index contributed by atoms with van der Waals surface area (Å²) in [6, 6.07) is 2.11. The van der Waals surface area contributed by atoms with Crippen molar-refractivity contribution >= 4 is 0 Å². The van der Waals surface area contributed by atoms with Crippen LogP contribution in [0.15, 0.2) is 12.1 Å². The lowest BCUT2D eigenvalue weighted by Gasteiger charge is -2.18. The van der Waals surface area contributed by atoms with Crippen molar-refractivity contribution in [3.8, 4) is 5.75 Å². The molecule has 0 N–H and O–H groups in total. The predicted octanol–water partition coefficient (Wildman–Crippen LogP) is 4.50. The summed E-state index contributed by atoms with van der Waals surface area (Å²) in [5.74, 6) is -0.316. The molecule has 1 aliphatic heterocycles. The molecule has 0 bridgehead atoms. The van der Waals surface area contributed by atoms with Gasteiger partial charge in [-0.05, 0) is 25.0 Å².